The topological polar surface area (TPSA) is 66.5 Å². The van der Waals surface area contributed by atoms with Crippen molar-refractivity contribution in [2.45, 2.75) is 58.7 Å². The maximum atomic E-state index is 14.6. The summed E-state index contributed by atoms with van der Waals surface area (Å²) in [5, 5.41) is 3.13. The molecule has 2 amide bonds. The molecule has 220 valence electrons. The van der Waals surface area contributed by atoms with E-state index in [0.29, 0.717) is 12.1 Å². The van der Waals surface area contributed by atoms with Crippen molar-refractivity contribution in [2.75, 3.05) is 0 Å². The highest BCUT2D eigenvalue weighted by atomic mass is 16.2. The average molecular weight is 573 g/mol. The van der Waals surface area contributed by atoms with Crippen LogP contribution in [0.3, 0.4) is 0 Å². The number of likely N-dealkylation sites (tertiary alicyclic amines) is 1. The largest absolute Gasteiger partial charge is 0.350 e. The van der Waals surface area contributed by atoms with E-state index in [9.17, 15) is 14.4 Å². The minimum atomic E-state index is -0.884. The Morgan fingerprint density at radius 2 is 1.26 bits per heavy atom. The van der Waals surface area contributed by atoms with Crippen LogP contribution in [0.1, 0.15) is 71.8 Å². The first kappa shape index (κ1) is 30.0. The van der Waals surface area contributed by atoms with E-state index in [0.717, 1.165) is 22.3 Å². The summed E-state index contributed by atoms with van der Waals surface area (Å²) in [6.45, 7) is 8.41. The van der Waals surface area contributed by atoms with Crippen molar-refractivity contribution in [3.8, 4) is 0 Å². The van der Waals surface area contributed by atoms with Gasteiger partial charge in [0.1, 0.15) is 6.04 Å². The van der Waals surface area contributed by atoms with Crippen molar-refractivity contribution in [2.24, 2.45) is 11.3 Å². The van der Waals surface area contributed by atoms with Gasteiger partial charge in [-0.3, -0.25) is 14.4 Å². The molecule has 4 unspecified atom stereocenters. The fourth-order valence-electron chi connectivity index (χ4n) is 6.24. The van der Waals surface area contributed by atoms with Gasteiger partial charge in [-0.1, -0.05) is 142 Å². The molecule has 1 fully saturated rings. The maximum absolute atomic E-state index is 14.6. The van der Waals surface area contributed by atoms with Crippen LogP contribution in [0.15, 0.2) is 115 Å². The van der Waals surface area contributed by atoms with Gasteiger partial charge in [-0.15, -0.1) is 0 Å². The molecule has 1 N–H and O–H groups in total. The third-order valence-corrected chi connectivity index (χ3v) is 8.18. The van der Waals surface area contributed by atoms with Crippen LogP contribution in [0.4, 0.5) is 0 Å². The van der Waals surface area contributed by atoms with Crippen LogP contribution >= 0.6 is 0 Å². The molecule has 0 spiro atoms. The molecule has 4 atom stereocenters. The number of nitrogens with one attached hydrogen (secondary N) is 1. The Morgan fingerprint density at radius 1 is 0.721 bits per heavy atom. The summed E-state index contributed by atoms with van der Waals surface area (Å²) in [6.07, 6.45) is 0.242. The Labute approximate surface area is 255 Å². The molecular formula is C38H40N2O3. The number of hydrogen-bond acceptors (Lipinski definition) is 3. The normalized spacial score (nSPS) is 20.0. The number of aryl methyl sites for hydroxylation is 1. The molecule has 5 heteroatoms. The lowest BCUT2D eigenvalue weighted by atomic mass is 9.76. The molecule has 0 saturated carbocycles. The third kappa shape index (κ3) is 6.77. The fourth-order valence-corrected chi connectivity index (χ4v) is 6.24. The highest BCUT2D eigenvalue weighted by molar-refractivity contribution is 6.02. The number of carbonyl (C=O) groups is 3. The van der Waals surface area contributed by atoms with E-state index in [4.69, 9.17) is 0 Å². The number of ketones is 1. The number of Topliss-reactive ketones (excluding diaryl/α,β-unsaturated/α-hetero) is 1. The van der Waals surface area contributed by atoms with Crippen LogP contribution in [-0.4, -0.2) is 28.5 Å². The minimum absolute atomic E-state index is 0.0781. The number of amides is 2. The Kier molecular flexibility index (Phi) is 8.91. The van der Waals surface area contributed by atoms with Crippen molar-refractivity contribution in [3.05, 3.63) is 143 Å². The first-order valence-electron chi connectivity index (χ1n) is 15.0. The predicted octanol–water partition coefficient (Wildman–Crippen LogP) is 7.28. The zero-order valence-corrected chi connectivity index (χ0v) is 25.4. The zero-order chi connectivity index (χ0) is 30.6. The number of rotatable bonds is 8. The maximum Gasteiger partial charge on any atom is 0.243 e. The molecule has 1 saturated heterocycles. The van der Waals surface area contributed by atoms with Gasteiger partial charge in [-0.05, 0) is 29.0 Å². The number of carbonyl (C=O) groups excluding carboxylic acids is 3. The van der Waals surface area contributed by atoms with E-state index in [1.165, 1.54) is 0 Å². The van der Waals surface area contributed by atoms with Gasteiger partial charge in [0.25, 0.3) is 0 Å². The summed E-state index contributed by atoms with van der Waals surface area (Å²) < 4.78 is 0. The van der Waals surface area contributed by atoms with Gasteiger partial charge in [0.05, 0.1) is 12.0 Å². The van der Waals surface area contributed by atoms with E-state index < -0.39 is 23.9 Å². The predicted molar refractivity (Wildman–Crippen MR) is 170 cm³/mol. The lowest BCUT2D eigenvalue weighted by Gasteiger charge is -2.33. The number of benzene rings is 4. The van der Waals surface area contributed by atoms with E-state index in [2.05, 4.69) is 5.32 Å². The van der Waals surface area contributed by atoms with Crippen LogP contribution < -0.4 is 5.32 Å². The van der Waals surface area contributed by atoms with Crippen LogP contribution in [0.5, 0.6) is 0 Å². The van der Waals surface area contributed by atoms with E-state index >= 15 is 0 Å². The number of hydrogen-bond donors (Lipinski definition) is 1. The summed E-state index contributed by atoms with van der Waals surface area (Å²) in [7, 11) is 0. The molecule has 4 aromatic rings. The van der Waals surface area contributed by atoms with Gasteiger partial charge < -0.3 is 10.2 Å². The van der Waals surface area contributed by atoms with Gasteiger partial charge in [-0.25, -0.2) is 0 Å². The van der Waals surface area contributed by atoms with E-state index in [1.54, 1.807) is 4.90 Å². The second-order valence-corrected chi connectivity index (χ2v) is 12.7. The van der Waals surface area contributed by atoms with Crippen LogP contribution in [0, 0.1) is 18.3 Å². The zero-order valence-electron chi connectivity index (χ0n) is 25.4. The van der Waals surface area contributed by atoms with Crippen molar-refractivity contribution in [1.82, 2.24) is 10.2 Å². The molecule has 5 nitrogen and oxygen atoms in total. The van der Waals surface area contributed by atoms with Crippen molar-refractivity contribution in [3.63, 3.8) is 0 Å². The first-order valence-corrected chi connectivity index (χ1v) is 15.0. The van der Waals surface area contributed by atoms with Crippen molar-refractivity contribution < 1.29 is 14.4 Å². The summed E-state index contributed by atoms with van der Waals surface area (Å²) in [5.74, 6) is -1.71. The van der Waals surface area contributed by atoms with Gasteiger partial charge in [0.15, 0.2) is 5.78 Å². The molecular weight excluding hydrogens is 532 g/mol. The van der Waals surface area contributed by atoms with Crippen LogP contribution in [0.2, 0.25) is 0 Å². The lowest BCUT2D eigenvalue weighted by molar-refractivity contribution is -0.142. The standard InChI is InChI=1S/C38H40N2O3/c1-26-20-22-27(23-21-26)25-39-37(43)35-32(28-14-8-5-9-15-28)33(36(42)30-18-12-7-13-19-30)34(29-16-10-6-11-17-29)40(35)31(41)24-38(2,3)4/h5-23,32-35H,24-25H2,1-4H3,(H,39,43). The summed E-state index contributed by atoms with van der Waals surface area (Å²) in [4.78, 5) is 45.1. The van der Waals surface area contributed by atoms with Gasteiger partial charge in [0.2, 0.25) is 11.8 Å². The van der Waals surface area contributed by atoms with Gasteiger partial charge in [-0.2, -0.15) is 0 Å². The van der Waals surface area contributed by atoms with Gasteiger partial charge in [0, 0.05) is 24.4 Å². The second kappa shape index (κ2) is 12.8. The Bertz CT molecular complexity index is 1540. The lowest BCUT2D eigenvalue weighted by Crippen LogP contribution is -2.49. The van der Waals surface area contributed by atoms with E-state index in [1.807, 2.05) is 143 Å². The molecule has 1 aliphatic rings. The highest BCUT2D eigenvalue weighted by Gasteiger charge is 2.57. The molecule has 0 bridgehead atoms. The smallest absolute Gasteiger partial charge is 0.243 e. The molecule has 1 heterocycles. The Hall–Kier alpha value is -4.51. The molecule has 0 aromatic heterocycles. The monoisotopic (exact) mass is 572 g/mol. The van der Waals surface area contributed by atoms with Crippen molar-refractivity contribution in [1.29, 1.82) is 0 Å². The average Bonchev–Trinajstić information content (AvgIpc) is 3.37. The summed E-state index contributed by atoms with van der Waals surface area (Å²) >= 11 is 0. The summed E-state index contributed by atoms with van der Waals surface area (Å²) in [5.41, 5.74) is 4.07. The quantitative estimate of drug-likeness (QED) is 0.226. The Morgan fingerprint density at radius 3 is 1.81 bits per heavy atom. The molecule has 1 aliphatic heterocycles. The molecule has 0 aliphatic carbocycles. The summed E-state index contributed by atoms with van der Waals surface area (Å²) in [6, 6.07) is 35.2. The highest BCUT2D eigenvalue weighted by Crippen LogP contribution is 2.52. The van der Waals surface area contributed by atoms with Crippen LogP contribution in [-0.2, 0) is 16.1 Å². The SMILES string of the molecule is Cc1ccc(CNC(=O)C2C(c3ccccc3)C(C(=O)c3ccccc3)C(c3ccccc3)N2C(=O)CC(C)(C)C)cc1. The molecule has 5 rings (SSSR count). The van der Waals surface area contributed by atoms with Crippen molar-refractivity contribution >= 4 is 17.6 Å². The molecule has 4 aromatic carbocycles. The first-order chi connectivity index (χ1) is 20.6. The van der Waals surface area contributed by atoms with Crippen LogP contribution in [0.25, 0.3) is 0 Å². The van der Waals surface area contributed by atoms with Gasteiger partial charge >= 0.3 is 0 Å². The Balaban J connectivity index is 1.68. The van der Waals surface area contributed by atoms with E-state index in [-0.39, 0.29) is 29.4 Å². The number of nitrogens with zero attached hydrogens (tertiary/aromatic N) is 1. The molecule has 43 heavy (non-hydrogen) atoms. The second-order valence-electron chi connectivity index (χ2n) is 12.7. The third-order valence-electron chi connectivity index (χ3n) is 8.18. The fraction of sp³-hybridized carbons (Fsp3) is 0.289. The molecule has 0 radical (unpaired) electrons. The minimum Gasteiger partial charge on any atom is -0.350 e.